The highest BCUT2D eigenvalue weighted by atomic mass is 127. The summed E-state index contributed by atoms with van der Waals surface area (Å²) >= 11 is 1.96. The minimum atomic E-state index is -0.978. The predicted molar refractivity (Wildman–Crippen MR) is 69.8 cm³/mol. The van der Waals surface area contributed by atoms with Crippen molar-refractivity contribution in [3.63, 3.8) is 0 Å². The lowest BCUT2D eigenvalue weighted by molar-refractivity contribution is 0.0695. The molecular weight excluding hydrogens is 335 g/mol. The molecule has 17 heavy (non-hydrogen) atoms. The molecule has 0 radical (unpaired) electrons. The number of carbonyl (C=O) groups is 1. The summed E-state index contributed by atoms with van der Waals surface area (Å²) in [7, 11) is 1.59. The summed E-state index contributed by atoms with van der Waals surface area (Å²) < 4.78 is 7.20. The Morgan fingerprint density at radius 3 is 2.53 bits per heavy atom. The van der Waals surface area contributed by atoms with E-state index in [0.29, 0.717) is 3.70 Å². The Bertz CT molecular complexity index is 548. The Balaban J connectivity index is 2.42. The number of rotatable bonds is 3. The van der Waals surface area contributed by atoms with E-state index in [0.717, 1.165) is 11.4 Å². The normalized spacial score (nSPS) is 10.2. The van der Waals surface area contributed by atoms with Crippen molar-refractivity contribution in [3.8, 4) is 11.4 Å². The molecule has 0 aliphatic carbocycles. The second kappa shape index (κ2) is 4.74. The number of nitrogens with zero attached hydrogens (tertiary/aromatic N) is 2. The third kappa shape index (κ3) is 2.26. The molecule has 6 heteroatoms. The highest BCUT2D eigenvalue weighted by Gasteiger charge is 2.14. The van der Waals surface area contributed by atoms with Crippen molar-refractivity contribution in [2.75, 3.05) is 7.11 Å². The van der Waals surface area contributed by atoms with Crippen LogP contribution in [0.1, 0.15) is 10.4 Å². The van der Waals surface area contributed by atoms with Crippen molar-refractivity contribution >= 4 is 28.6 Å². The maximum Gasteiger partial charge on any atom is 0.340 e. The van der Waals surface area contributed by atoms with E-state index < -0.39 is 5.97 Å². The summed E-state index contributed by atoms with van der Waals surface area (Å²) in [5.41, 5.74) is 0.990. The monoisotopic (exact) mass is 344 g/mol. The number of hydrogen-bond donors (Lipinski definition) is 1. The molecule has 1 N–H and O–H groups in total. The fourth-order valence-electron chi connectivity index (χ4n) is 1.38. The van der Waals surface area contributed by atoms with Crippen molar-refractivity contribution in [3.05, 3.63) is 39.7 Å². The molecule has 1 aromatic carbocycles. The first-order chi connectivity index (χ1) is 8.13. The van der Waals surface area contributed by atoms with Gasteiger partial charge in [-0.3, -0.25) is 0 Å². The van der Waals surface area contributed by atoms with E-state index in [1.54, 1.807) is 23.9 Å². The molecule has 0 unspecified atom stereocenters. The number of ether oxygens (including phenoxy) is 1. The third-order valence-corrected chi connectivity index (χ3v) is 3.30. The van der Waals surface area contributed by atoms with Gasteiger partial charge >= 0.3 is 5.97 Å². The van der Waals surface area contributed by atoms with Gasteiger partial charge in [-0.05, 0) is 46.9 Å². The van der Waals surface area contributed by atoms with Gasteiger partial charge in [0.2, 0.25) is 0 Å². The van der Waals surface area contributed by atoms with Crippen molar-refractivity contribution in [1.82, 2.24) is 9.78 Å². The van der Waals surface area contributed by atoms with E-state index >= 15 is 0 Å². The molecule has 5 nitrogen and oxygen atoms in total. The summed E-state index contributed by atoms with van der Waals surface area (Å²) in [4.78, 5) is 10.9. The van der Waals surface area contributed by atoms with Crippen LogP contribution in [-0.4, -0.2) is 28.0 Å². The average molecular weight is 344 g/mol. The molecule has 1 aromatic heterocycles. The smallest absolute Gasteiger partial charge is 0.340 e. The van der Waals surface area contributed by atoms with Gasteiger partial charge in [0.25, 0.3) is 0 Å². The number of aromatic carboxylic acids is 1. The Morgan fingerprint density at radius 1 is 1.41 bits per heavy atom. The van der Waals surface area contributed by atoms with Gasteiger partial charge in [-0.15, -0.1) is 0 Å². The van der Waals surface area contributed by atoms with E-state index in [4.69, 9.17) is 9.84 Å². The fraction of sp³-hybridized carbons (Fsp3) is 0.0909. The second-order valence-corrected chi connectivity index (χ2v) is 4.29. The van der Waals surface area contributed by atoms with Gasteiger partial charge < -0.3 is 9.84 Å². The van der Waals surface area contributed by atoms with Crippen LogP contribution >= 0.6 is 22.6 Å². The lowest BCUT2D eigenvalue weighted by Gasteiger charge is -2.04. The Hall–Kier alpha value is -1.57. The van der Waals surface area contributed by atoms with E-state index in [9.17, 15) is 4.79 Å². The van der Waals surface area contributed by atoms with Crippen LogP contribution in [-0.2, 0) is 0 Å². The van der Waals surface area contributed by atoms with Crippen molar-refractivity contribution in [2.24, 2.45) is 0 Å². The summed E-state index contributed by atoms with van der Waals surface area (Å²) in [5.74, 6) is -0.233. The van der Waals surface area contributed by atoms with Crippen LogP contribution in [0.2, 0.25) is 0 Å². The first-order valence-corrected chi connectivity index (χ1v) is 5.82. The van der Waals surface area contributed by atoms with Gasteiger partial charge in [0, 0.05) is 0 Å². The Kier molecular flexibility index (Phi) is 3.32. The molecule has 0 aliphatic heterocycles. The summed E-state index contributed by atoms with van der Waals surface area (Å²) in [6, 6.07) is 7.24. The molecule has 2 rings (SSSR count). The molecule has 0 amide bonds. The number of carboxylic acids is 1. The zero-order chi connectivity index (χ0) is 12.4. The van der Waals surface area contributed by atoms with Gasteiger partial charge in [-0.1, -0.05) is 0 Å². The number of benzene rings is 1. The minimum Gasteiger partial charge on any atom is -0.497 e. The molecule has 0 saturated carbocycles. The first-order valence-electron chi connectivity index (χ1n) is 4.74. The summed E-state index contributed by atoms with van der Waals surface area (Å²) in [5, 5.41) is 13.0. The number of aromatic nitrogens is 2. The van der Waals surface area contributed by atoms with Gasteiger partial charge in [-0.2, -0.15) is 5.10 Å². The second-order valence-electron chi connectivity index (χ2n) is 3.26. The quantitative estimate of drug-likeness (QED) is 0.867. The van der Waals surface area contributed by atoms with Crippen LogP contribution in [0.5, 0.6) is 5.75 Å². The number of halogens is 1. The van der Waals surface area contributed by atoms with Crippen LogP contribution in [0.15, 0.2) is 30.5 Å². The van der Waals surface area contributed by atoms with Crippen molar-refractivity contribution < 1.29 is 14.6 Å². The van der Waals surface area contributed by atoms with Gasteiger partial charge in [-0.25, -0.2) is 9.48 Å². The van der Waals surface area contributed by atoms with Crippen molar-refractivity contribution in [2.45, 2.75) is 0 Å². The zero-order valence-electron chi connectivity index (χ0n) is 8.92. The maximum atomic E-state index is 10.9. The Morgan fingerprint density at radius 2 is 2.06 bits per heavy atom. The standard InChI is InChI=1S/C11H9IN2O3/c1-17-8-4-2-7(3-5-8)14-10(12)9(6-13-14)11(15)16/h2-6H,1H3,(H,15,16). The van der Waals surface area contributed by atoms with Crippen LogP contribution in [0.4, 0.5) is 0 Å². The number of methoxy groups -OCH3 is 1. The molecule has 0 spiro atoms. The average Bonchev–Trinajstić information content (AvgIpc) is 2.71. The molecule has 0 saturated heterocycles. The number of hydrogen-bond acceptors (Lipinski definition) is 3. The maximum absolute atomic E-state index is 10.9. The summed E-state index contributed by atoms with van der Waals surface area (Å²) in [6.45, 7) is 0. The largest absolute Gasteiger partial charge is 0.497 e. The molecule has 1 heterocycles. The molecule has 0 aliphatic rings. The topological polar surface area (TPSA) is 64.4 Å². The fourth-order valence-corrected chi connectivity index (χ4v) is 2.15. The number of carboxylic acid groups (broad SMARTS) is 1. The van der Waals surface area contributed by atoms with Crippen LogP contribution in [0.25, 0.3) is 5.69 Å². The highest BCUT2D eigenvalue weighted by Crippen LogP contribution is 2.19. The van der Waals surface area contributed by atoms with E-state index in [1.165, 1.54) is 6.20 Å². The third-order valence-electron chi connectivity index (χ3n) is 2.26. The van der Waals surface area contributed by atoms with E-state index in [-0.39, 0.29) is 5.56 Å². The van der Waals surface area contributed by atoms with E-state index in [1.807, 2.05) is 34.7 Å². The lowest BCUT2D eigenvalue weighted by Crippen LogP contribution is -2.02. The lowest BCUT2D eigenvalue weighted by atomic mass is 10.3. The van der Waals surface area contributed by atoms with Crippen LogP contribution in [0.3, 0.4) is 0 Å². The minimum absolute atomic E-state index is 0.196. The molecule has 88 valence electrons. The Labute approximate surface area is 111 Å². The van der Waals surface area contributed by atoms with Crippen molar-refractivity contribution in [1.29, 1.82) is 0 Å². The van der Waals surface area contributed by atoms with Gasteiger partial charge in [0.05, 0.1) is 19.0 Å². The molecular formula is C11H9IN2O3. The zero-order valence-corrected chi connectivity index (χ0v) is 11.1. The van der Waals surface area contributed by atoms with Gasteiger partial charge in [0.1, 0.15) is 15.0 Å². The SMILES string of the molecule is COc1ccc(-n2ncc(C(=O)O)c2I)cc1. The molecule has 0 atom stereocenters. The predicted octanol–water partition coefficient (Wildman–Crippen LogP) is 2.18. The first kappa shape index (κ1) is 11.9. The molecule has 2 aromatic rings. The van der Waals surface area contributed by atoms with Crippen LogP contribution in [0, 0.1) is 3.70 Å². The highest BCUT2D eigenvalue weighted by molar-refractivity contribution is 14.1. The summed E-state index contributed by atoms with van der Waals surface area (Å²) in [6.07, 6.45) is 1.34. The van der Waals surface area contributed by atoms with Crippen LogP contribution < -0.4 is 4.74 Å². The molecule has 0 bridgehead atoms. The van der Waals surface area contributed by atoms with E-state index in [2.05, 4.69) is 5.10 Å². The molecule has 0 fully saturated rings. The van der Waals surface area contributed by atoms with Gasteiger partial charge in [0.15, 0.2) is 0 Å².